The molecule has 1 unspecified atom stereocenters. The molecule has 0 spiro atoms. The minimum absolute atomic E-state index is 0.121. The van der Waals surface area contributed by atoms with Crippen molar-refractivity contribution in [1.29, 1.82) is 10.5 Å². The second-order valence-electron chi connectivity index (χ2n) is 16.2. The quantitative estimate of drug-likeness (QED) is 0.0619. The van der Waals surface area contributed by atoms with Crippen molar-refractivity contribution in [1.82, 2.24) is 14.9 Å². The molecule has 12 nitrogen and oxygen atoms in total. The second kappa shape index (κ2) is 23.6. The van der Waals surface area contributed by atoms with Crippen molar-refractivity contribution >= 4 is 29.5 Å². The van der Waals surface area contributed by atoms with E-state index in [-0.39, 0.29) is 52.0 Å². The molecule has 0 aliphatic carbocycles. The van der Waals surface area contributed by atoms with Gasteiger partial charge in [-0.3, -0.25) is 14.9 Å². The summed E-state index contributed by atoms with van der Waals surface area (Å²) in [4.78, 5) is 22.5. The van der Waals surface area contributed by atoms with E-state index in [4.69, 9.17) is 42.1 Å². The maximum Gasteiger partial charge on any atom is 0.142 e. The van der Waals surface area contributed by atoms with Gasteiger partial charge in [-0.15, -0.1) is 0 Å². The van der Waals surface area contributed by atoms with Gasteiger partial charge in [0.15, 0.2) is 0 Å². The van der Waals surface area contributed by atoms with E-state index in [0.717, 1.165) is 45.2 Å². The summed E-state index contributed by atoms with van der Waals surface area (Å²) in [5, 5.41) is 39.1. The highest BCUT2D eigenvalue weighted by Gasteiger charge is 2.23. The number of carbonyl (C=O) groups excluding carboxylic acids is 1. The molecule has 0 saturated carbocycles. The average Bonchev–Trinajstić information content (AvgIpc) is 3.32. The third-order valence-electron chi connectivity index (χ3n) is 11.0. The third kappa shape index (κ3) is 12.6. The molecule has 2 heterocycles. The highest BCUT2D eigenvalue weighted by molar-refractivity contribution is 6.32. The Bertz CT molecular complexity index is 2730. The van der Waals surface area contributed by atoms with E-state index in [9.17, 15) is 25.5 Å². The van der Waals surface area contributed by atoms with Crippen LogP contribution in [0.15, 0.2) is 97.6 Å². The number of aliphatic hydroxyl groups excluding tert-OH is 2. The first-order chi connectivity index (χ1) is 31.9. The van der Waals surface area contributed by atoms with Gasteiger partial charge in [-0.05, 0) is 83.8 Å². The first kappa shape index (κ1) is 48.9. The number of aromatic nitrogens is 2. The van der Waals surface area contributed by atoms with Gasteiger partial charge < -0.3 is 34.0 Å². The summed E-state index contributed by atoms with van der Waals surface area (Å²) < 4.78 is 25.1. The second-order valence-corrected chi connectivity index (χ2v) is 17.0. The first-order valence-corrected chi connectivity index (χ1v) is 22.1. The van der Waals surface area contributed by atoms with Crippen molar-refractivity contribution in [3.8, 4) is 46.3 Å². The molecule has 0 radical (unpaired) electrons. The average molecular weight is 929 g/mol. The summed E-state index contributed by atoms with van der Waals surface area (Å²) in [7, 11) is 0. The van der Waals surface area contributed by atoms with Crippen LogP contribution in [0, 0.1) is 42.4 Å². The fraction of sp³-hybridized carbons (Fsp3) is 0.288. The van der Waals surface area contributed by atoms with Crippen LogP contribution in [0.1, 0.15) is 75.9 Å². The summed E-state index contributed by atoms with van der Waals surface area (Å²) in [6.07, 6.45) is 7.37. The molecular formula is C52H51Cl2N5O7. The monoisotopic (exact) mass is 927 g/mol. The number of halogens is 2. The van der Waals surface area contributed by atoms with Crippen molar-refractivity contribution in [2.45, 2.75) is 79.7 Å². The molecule has 6 rings (SSSR count). The van der Waals surface area contributed by atoms with E-state index in [2.05, 4.69) is 55.0 Å². The molecule has 0 aliphatic rings. The number of nitrogens with zero attached hydrogens (tertiary/aromatic N) is 5. The Morgan fingerprint density at radius 3 is 1.61 bits per heavy atom. The molecule has 1 atom stereocenters. The van der Waals surface area contributed by atoms with Crippen LogP contribution in [-0.4, -0.2) is 50.6 Å². The number of hydrogen-bond donors (Lipinski definition) is 2. The Kier molecular flexibility index (Phi) is 17.5. The summed E-state index contributed by atoms with van der Waals surface area (Å²) in [5.41, 5.74) is 9.40. The van der Waals surface area contributed by atoms with Crippen LogP contribution >= 0.6 is 23.2 Å². The van der Waals surface area contributed by atoms with E-state index in [1.54, 1.807) is 48.8 Å². The molecule has 0 fully saturated rings. The number of aliphatic hydroxyl groups is 2. The number of rotatable bonds is 22. The van der Waals surface area contributed by atoms with Gasteiger partial charge in [0.25, 0.3) is 0 Å². The summed E-state index contributed by atoms with van der Waals surface area (Å²) >= 11 is 13.6. The number of nitriles is 2. The fourth-order valence-electron chi connectivity index (χ4n) is 7.51. The molecule has 0 bridgehead atoms. The van der Waals surface area contributed by atoms with E-state index in [1.165, 1.54) is 12.4 Å². The van der Waals surface area contributed by atoms with Crippen molar-refractivity contribution in [2.24, 2.45) is 5.92 Å². The van der Waals surface area contributed by atoms with Gasteiger partial charge in [0, 0.05) is 78.9 Å². The van der Waals surface area contributed by atoms with Crippen LogP contribution in [0.2, 0.25) is 10.0 Å². The van der Waals surface area contributed by atoms with Crippen LogP contribution in [0.4, 0.5) is 0 Å². The summed E-state index contributed by atoms with van der Waals surface area (Å²) in [6, 6.07) is 26.0. The zero-order chi connectivity index (χ0) is 47.2. The predicted octanol–water partition coefficient (Wildman–Crippen LogP) is 10.0. The van der Waals surface area contributed by atoms with Gasteiger partial charge >= 0.3 is 0 Å². The lowest BCUT2D eigenvalue weighted by atomic mass is 9.92. The number of ether oxygens (including phenoxy) is 4. The molecule has 2 aromatic heterocycles. The van der Waals surface area contributed by atoms with Crippen LogP contribution in [0.5, 0.6) is 23.0 Å². The number of pyridine rings is 2. The standard InChI is InChI=1S/C52H51Cl2N5O7/c1-33(2)25-59(44(28-62)11-12-60)26-42-15-47(53)51(17-49(42)63-29-38-13-36(19-55)21-57-23-38)65-31-40-7-5-9-45(34(40)3)46-10-6-8-41(35(46)4)32-66-52-18-50(43(27-61)16-48(52)54)64-30-39-14-37(20-56)22-58-24-39/h5-10,13-18,21-24,28,33,44,60-61H,11-12,25-27,29-32H2,1-4H3. The van der Waals surface area contributed by atoms with Crippen molar-refractivity contribution in [2.75, 3.05) is 13.2 Å². The van der Waals surface area contributed by atoms with Crippen LogP contribution in [0.25, 0.3) is 11.1 Å². The molecule has 2 N–H and O–H groups in total. The maximum absolute atomic E-state index is 12.2. The van der Waals surface area contributed by atoms with E-state index in [0.29, 0.717) is 74.0 Å². The van der Waals surface area contributed by atoms with Crippen molar-refractivity contribution < 1.29 is 34.0 Å². The zero-order valence-electron chi connectivity index (χ0n) is 37.3. The molecule has 14 heteroatoms. The SMILES string of the molecule is Cc1c(COc2cc(OCc3cncc(C#N)c3)c(CO)cc2Cl)cccc1-c1cccc(COc2cc(OCc3cncc(C#N)c3)c(CN(CC(C)C)C(C=O)CCO)cc2Cl)c1C. The lowest BCUT2D eigenvalue weighted by Crippen LogP contribution is -2.39. The minimum Gasteiger partial charge on any atom is -0.488 e. The van der Waals surface area contributed by atoms with Gasteiger partial charge in [-0.1, -0.05) is 73.4 Å². The smallest absolute Gasteiger partial charge is 0.142 e. The van der Waals surface area contributed by atoms with Gasteiger partial charge in [-0.25, -0.2) is 0 Å². The molecule has 4 aromatic carbocycles. The molecule has 66 heavy (non-hydrogen) atoms. The Labute approximate surface area is 395 Å². The number of carbonyl (C=O) groups is 1. The molecule has 0 aliphatic heterocycles. The molecule has 6 aromatic rings. The van der Waals surface area contributed by atoms with E-state index in [1.807, 2.05) is 36.1 Å². The molecule has 0 saturated heterocycles. The third-order valence-corrected chi connectivity index (χ3v) is 11.6. The number of aldehydes is 1. The van der Waals surface area contributed by atoms with Crippen LogP contribution < -0.4 is 18.9 Å². The number of hydrogen-bond acceptors (Lipinski definition) is 12. The van der Waals surface area contributed by atoms with Crippen molar-refractivity contribution in [3.63, 3.8) is 0 Å². The maximum atomic E-state index is 12.2. The fourth-order valence-corrected chi connectivity index (χ4v) is 8.00. The zero-order valence-corrected chi connectivity index (χ0v) is 38.8. The van der Waals surface area contributed by atoms with Gasteiger partial charge in [0.05, 0.1) is 33.8 Å². The molecular weight excluding hydrogens is 878 g/mol. The van der Waals surface area contributed by atoms with Gasteiger partial charge in [0.2, 0.25) is 0 Å². The Morgan fingerprint density at radius 1 is 0.667 bits per heavy atom. The highest BCUT2D eigenvalue weighted by atomic mass is 35.5. The lowest BCUT2D eigenvalue weighted by molar-refractivity contribution is -0.113. The van der Waals surface area contributed by atoms with Crippen LogP contribution in [-0.2, 0) is 44.4 Å². The van der Waals surface area contributed by atoms with Crippen molar-refractivity contribution in [3.05, 3.63) is 163 Å². The number of benzene rings is 4. The topological polar surface area (TPSA) is 171 Å². The Hall–Kier alpha value is -6.51. The summed E-state index contributed by atoms with van der Waals surface area (Å²) in [6.45, 7) is 9.39. The largest absolute Gasteiger partial charge is 0.488 e. The van der Waals surface area contributed by atoms with E-state index >= 15 is 0 Å². The normalized spacial score (nSPS) is 11.5. The van der Waals surface area contributed by atoms with Gasteiger partial charge in [0.1, 0.15) is 67.9 Å². The first-order valence-electron chi connectivity index (χ1n) is 21.4. The minimum atomic E-state index is -0.509. The highest BCUT2D eigenvalue weighted by Crippen LogP contribution is 2.38. The van der Waals surface area contributed by atoms with E-state index < -0.39 is 6.04 Å². The lowest BCUT2D eigenvalue weighted by Gasteiger charge is -2.30. The Balaban J connectivity index is 1.21. The Morgan fingerprint density at radius 2 is 1.15 bits per heavy atom. The molecule has 0 amide bonds. The predicted molar refractivity (Wildman–Crippen MR) is 252 cm³/mol. The van der Waals surface area contributed by atoms with Crippen LogP contribution in [0.3, 0.4) is 0 Å². The summed E-state index contributed by atoms with van der Waals surface area (Å²) in [5.74, 6) is 1.92. The molecule has 340 valence electrons. The van der Waals surface area contributed by atoms with Gasteiger partial charge in [-0.2, -0.15) is 10.5 Å².